The fraction of sp³-hybridized carbons (Fsp3) is 0.526. The minimum absolute atomic E-state index is 0.0723. The van der Waals surface area contributed by atoms with Gasteiger partial charge < -0.3 is 4.74 Å². The molecule has 1 rings (SSSR count). The number of carbonyl (C=O) groups excluding carboxylic acids is 1. The van der Waals surface area contributed by atoms with Crippen molar-refractivity contribution in [1.82, 2.24) is 0 Å². The van der Waals surface area contributed by atoms with E-state index in [2.05, 4.69) is 37.8 Å². The lowest BCUT2D eigenvalue weighted by atomic mass is 9.95. The summed E-state index contributed by atoms with van der Waals surface area (Å²) < 4.78 is 4.92. The van der Waals surface area contributed by atoms with Crippen molar-refractivity contribution in [3.8, 4) is 0 Å². The third kappa shape index (κ3) is 6.61. The Balaban J connectivity index is 2.27. The van der Waals surface area contributed by atoms with Crippen LogP contribution in [0.5, 0.6) is 0 Å². The number of carbonyl (C=O) groups is 1. The molecule has 1 aromatic rings. The van der Waals surface area contributed by atoms with Crippen molar-refractivity contribution in [3.05, 3.63) is 48.0 Å². The van der Waals surface area contributed by atoms with Crippen LogP contribution in [0, 0.1) is 0 Å². The summed E-state index contributed by atoms with van der Waals surface area (Å²) in [6.45, 7) is 8.40. The molecule has 21 heavy (non-hydrogen) atoms. The predicted molar refractivity (Wildman–Crippen MR) is 88.5 cm³/mol. The molecule has 0 saturated heterocycles. The van der Waals surface area contributed by atoms with Crippen LogP contribution in [0.4, 0.5) is 0 Å². The molecule has 116 valence electrons. The second-order valence-electron chi connectivity index (χ2n) is 5.36. The summed E-state index contributed by atoms with van der Waals surface area (Å²) in [7, 11) is 0. The molecule has 0 radical (unpaired) electrons. The van der Waals surface area contributed by atoms with Crippen molar-refractivity contribution in [2.75, 3.05) is 6.61 Å². The Hall–Kier alpha value is -1.57. The number of allylic oxidation sites excluding steroid dienone is 1. The minimum Gasteiger partial charge on any atom is -0.466 e. The smallest absolute Gasteiger partial charge is 0.305 e. The largest absolute Gasteiger partial charge is 0.466 e. The highest BCUT2D eigenvalue weighted by Gasteiger charge is 2.04. The van der Waals surface area contributed by atoms with Crippen molar-refractivity contribution >= 4 is 5.97 Å². The highest BCUT2D eigenvalue weighted by Crippen LogP contribution is 2.21. The van der Waals surface area contributed by atoms with Crippen LogP contribution in [0.1, 0.15) is 63.0 Å². The predicted octanol–water partition coefficient (Wildman–Crippen LogP) is 5.03. The lowest BCUT2D eigenvalue weighted by molar-refractivity contribution is -0.143. The van der Waals surface area contributed by atoms with E-state index in [0.29, 0.717) is 18.9 Å². The monoisotopic (exact) mass is 288 g/mol. The fourth-order valence-electron chi connectivity index (χ4n) is 2.48. The average Bonchev–Trinajstić information content (AvgIpc) is 2.50. The van der Waals surface area contributed by atoms with Gasteiger partial charge in [0.1, 0.15) is 0 Å². The number of hydrogen-bond acceptors (Lipinski definition) is 2. The van der Waals surface area contributed by atoms with Gasteiger partial charge in [-0.2, -0.15) is 0 Å². The third-order valence-corrected chi connectivity index (χ3v) is 3.78. The maximum absolute atomic E-state index is 11.2. The number of aryl methyl sites for hydroxylation is 1. The zero-order valence-electron chi connectivity index (χ0n) is 13.4. The van der Waals surface area contributed by atoms with Crippen LogP contribution in [0.25, 0.3) is 0 Å². The van der Waals surface area contributed by atoms with Crippen molar-refractivity contribution < 1.29 is 9.53 Å². The Kier molecular flexibility index (Phi) is 8.49. The van der Waals surface area contributed by atoms with E-state index in [-0.39, 0.29) is 5.97 Å². The molecule has 0 unspecified atom stereocenters. The Labute approximate surface area is 129 Å². The molecular formula is C19H28O2. The van der Waals surface area contributed by atoms with Gasteiger partial charge in [0.2, 0.25) is 0 Å². The summed E-state index contributed by atoms with van der Waals surface area (Å²) in [4.78, 5) is 11.2. The molecule has 2 heteroatoms. The van der Waals surface area contributed by atoms with Gasteiger partial charge >= 0.3 is 5.97 Å². The summed E-state index contributed by atoms with van der Waals surface area (Å²) in [6, 6.07) is 8.85. The summed E-state index contributed by atoms with van der Waals surface area (Å²) >= 11 is 0. The molecule has 0 bridgehead atoms. The first kappa shape index (κ1) is 17.5. The van der Waals surface area contributed by atoms with Crippen LogP contribution in [0.2, 0.25) is 0 Å². The molecule has 0 aliphatic heterocycles. The highest BCUT2D eigenvalue weighted by molar-refractivity contribution is 5.69. The van der Waals surface area contributed by atoms with Gasteiger partial charge in [-0.15, -0.1) is 6.58 Å². The van der Waals surface area contributed by atoms with Gasteiger partial charge in [0, 0.05) is 12.3 Å². The van der Waals surface area contributed by atoms with Gasteiger partial charge in [-0.1, -0.05) is 43.7 Å². The number of esters is 1. The molecular weight excluding hydrogens is 260 g/mol. The molecule has 1 aromatic carbocycles. The van der Waals surface area contributed by atoms with Gasteiger partial charge in [0.25, 0.3) is 0 Å². The average molecular weight is 288 g/mol. The van der Waals surface area contributed by atoms with Crippen LogP contribution < -0.4 is 0 Å². The summed E-state index contributed by atoms with van der Waals surface area (Å²) in [5, 5.41) is 0. The van der Waals surface area contributed by atoms with Crippen molar-refractivity contribution in [2.45, 2.75) is 58.3 Å². The molecule has 0 N–H and O–H groups in total. The maximum atomic E-state index is 11.2. The number of ether oxygens (including phenoxy) is 1. The highest BCUT2D eigenvalue weighted by atomic mass is 16.5. The normalized spacial score (nSPS) is 11.9. The Morgan fingerprint density at radius 3 is 2.48 bits per heavy atom. The van der Waals surface area contributed by atoms with Crippen molar-refractivity contribution in [1.29, 1.82) is 0 Å². The van der Waals surface area contributed by atoms with Gasteiger partial charge in [-0.05, 0) is 43.7 Å². The van der Waals surface area contributed by atoms with E-state index in [1.807, 2.05) is 13.0 Å². The lowest BCUT2D eigenvalue weighted by Crippen LogP contribution is -2.03. The Bertz CT molecular complexity index is 420. The summed E-state index contributed by atoms with van der Waals surface area (Å²) in [5.41, 5.74) is 2.72. The first-order valence-electron chi connectivity index (χ1n) is 8.08. The SMILES string of the molecule is C=C[C@@H](CC)c1ccc(CCCCCC(=O)OCC)cc1. The molecule has 0 amide bonds. The molecule has 0 aromatic heterocycles. The Morgan fingerprint density at radius 1 is 1.19 bits per heavy atom. The van der Waals surface area contributed by atoms with E-state index in [1.165, 1.54) is 11.1 Å². The topological polar surface area (TPSA) is 26.3 Å². The van der Waals surface area contributed by atoms with Crippen LogP contribution in [-0.4, -0.2) is 12.6 Å². The quantitative estimate of drug-likeness (QED) is 0.343. The molecule has 0 saturated carbocycles. The first-order chi connectivity index (χ1) is 10.2. The maximum Gasteiger partial charge on any atom is 0.305 e. The van der Waals surface area contributed by atoms with Crippen LogP contribution >= 0.6 is 0 Å². The number of hydrogen-bond donors (Lipinski definition) is 0. The first-order valence-corrected chi connectivity index (χ1v) is 8.08. The lowest BCUT2D eigenvalue weighted by Gasteiger charge is -2.10. The van der Waals surface area contributed by atoms with Crippen LogP contribution in [0.3, 0.4) is 0 Å². The van der Waals surface area contributed by atoms with E-state index in [0.717, 1.165) is 32.1 Å². The van der Waals surface area contributed by atoms with Crippen molar-refractivity contribution in [3.63, 3.8) is 0 Å². The van der Waals surface area contributed by atoms with Gasteiger partial charge in [-0.3, -0.25) is 4.79 Å². The van der Waals surface area contributed by atoms with Crippen molar-refractivity contribution in [2.24, 2.45) is 0 Å². The molecule has 0 aliphatic rings. The summed E-state index contributed by atoms with van der Waals surface area (Å²) in [6.07, 6.45) is 7.85. The molecule has 0 fully saturated rings. The zero-order chi connectivity index (χ0) is 15.5. The van der Waals surface area contributed by atoms with E-state index in [1.54, 1.807) is 0 Å². The number of benzene rings is 1. The second-order valence-corrected chi connectivity index (χ2v) is 5.36. The van der Waals surface area contributed by atoms with E-state index < -0.39 is 0 Å². The number of rotatable bonds is 10. The van der Waals surface area contributed by atoms with E-state index >= 15 is 0 Å². The van der Waals surface area contributed by atoms with Gasteiger partial charge in [-0.25, -0.2) is 0 Å². The van der Waals surface area contributed by atoms with Gasteiger partial charge in [0.05, 0.1) is 6.61 Å². The van der Waals surface area contributed by atoms with E-state index in [9.17, 15) is 4.79 Å². The Morgan fingerprint density at radius 2 is 1.90 bits per heavy atom. The minimum atomic E-state index is -0.0723. The standard InChI is InChI=1S/C19H28O2/c1-4-17(5-2)18-14-12-16(13-15-18)10-8-7-9-11-19(20)21-6-3/h4,12-15,17H,1,5-11H2,2-3H3/t17-/m0/s1. The molecule has 2 nitrogen and oxygen atoms in total. The molecule has 0 aliphatic carbocycles. The van der Waals surface area contributed by atoms with Crippen LogP contribution in [-0.2, 0) is 16.0 Å². The molecule has 0 heterocycles. The molecule has 1 atom stereocenters. The molecule has 0 spiro atoms. The summed E-state index contributed by atoms with van der Waals surface area (Å²) in [5.74, 6) is 0.389. The third-order valence-electron chi connectivity index (χ3n) is 3.78. The van der Waals surface area contributed by atoms with E-state index in [4.69, 9.17) is 4.74 Å². The van der Waals surface area contributed by atoms with Gasteiger partial charge in [0.15, 0.2) is 0 Å². The second kappa shape index (κ2) is 10.2. The fourth-order valence-corrected chi connectivity index (χ4v) is 2.48. The zero-order valence-corrected chi connectivity index (χ0v) is 13.4. The van der Waals surface area contributed by atoms with Crippen LogP contribution in [0.15, 0.2) is 36.9 Å². The number of unbranched alkanes of at least 4 members (excludes halogenated alkanes) is 2.